The van der Waals surface area contributed by atoms with E-state index in [2.05, 4.69) is 30.3 Å². The lowest BCUT2D eigenvalue weighted by molar-refractivity contribution is 0.213. The van der Waals surface area contributed by atoms with Gasteiger partial charge in [0.1, 0.15) is 7.11 Å². The van der Waals surface area contributed by atoms with Gasteiger partial charge in [-0.15, -0.1) is 0 Å². The van der Waals surface area contributed by atoms with Gasteiger partial charge in [0, 0.05) is 5.56 Å². The molecule has 2 aromatic rings. The normalized spacial score (nSPS) is 11.0. The minimum atomic E-state index is 0.658. The van der Waals surface area contributed by atoms with Crippen molar-refractivity contribution in [1.82, 2.24) is 0 Å². The van der Waals surface area contributed by atoms with Gasteiger partial charge in [0.15, 0.2) is 0 Å². The van der Waals surface area contributed by atoms with Crippen LogP contribution >= 0.6 is 0 Å². The monoisotopic (exact) mass is 264 g/mol. The minimum absolute atomic E-state index is 0.658. The quantitative estimate of drug-likeness (QED) is 0.623. The highest BCUT2D eigenvalue weighted by Crippen LogP contribution is 2.26. The van der Waals surface area contributed by atoms with E-state index in [-0.39, 0.29) is 0 Å². The number of nitriles is 1. The lowest BCUT2D eigenvalue weighted by Gasteiger charge is -2.10. The second-order valence-electron chi connectivity index (χ2n) is 4.60. The van der Waals surface area contributed by atoms with Crippen LogP contribution in [0.2, 0.25) is 0 Å². The van der Waals surface area contributed by atoms with Crippen LogP contribution in [-0.2, 0) is 4.84 Å². The number of aryl methyl sites for hydroxylation is 1. The van der Waals surface area contributed by atoms with Crippen LogP contribution in [0.3, 0.4) is 0 Å². The first kappa shape index (κ1) is 13.8. The van der Waals surface area contributed by atoms with E-state index in [1.807, 2.05) is 37.3 Å². The first-order valence-electron chi connectivity index (χ1n) is 6.35. The van der Waals surface area contributed by atoms with Crippen LogP contribution in [0.15, 0.2) is 47.6 Å². The molecule has 2 aromatic carbocycles. The Hall–Kier alpha value is -2.60. The van der Waals surface area contributed by atoms with E-state index >= 15 is 0 Å². The molecule has 0 saturated heterocycles. The average molecular weight is 264 g/mol. The summed E-state index contributed by atoms with van der Waals surface area (Å²) in [6, 6.07) is 15.9. The van der Waals surface area contributed by atoms with E-state index < -0.39 is 0 Å². The second kappa shape index (κ2) is 6.03. The third-order valence-corrected chi connectivity index (χ3v) is 3.12. The molecule has 0 aliphatic heterocycles. The molecule has 0 unspecified atom stereocenters. The summed E-state index contributed by atoms with van der Waals surface area (Å²) in [5.41, 5.74) is 5.85. The summed E-state index contributed by atoms with van der Waals surface area (Å²) in [5, 5.41) is 12.9. The SMILES string of the molecule is CO/N=C(/C)c1ccc(C)cc1-c1ccc(C#N)cc1. The van der Waals surface area contributed by atoms with E-state index in [0.29, 0.717) is 5.56 Å². The maximum absolute atomic E-state index is 8.87. The highest BCUT2D eigenvalue weighted by molar-refractivity contribution is 6.04. The molecule has 0 aliphatic rings. The van der Waals surface area contributed by atoms with Gasteiger partial charge < -0.3 is 4.84 Å². The predicted octanol–water partition coefficient (Wildman–Crippen LogP) is 3.90. The molecule has 0 saturated carbocycles. The Morgan fingerprint density at radius 3 is 2.45 bits per heavy atom. The molecule has 3 nitrogen and oxygen atoms in total. The molecule has 0 spiro atoms. The van der Waals surface area contributed by atoms with Crippen molar-refractivity contribution in [2.24, 2.45) is 5.16 Å². The van der Waals surface area contributed by atoms with Crippen molar-refractivity contribution >= 4 is 5.71 Å². The number of nitrogens with zero attached hydrogens (tertiary/aromatic N) is 2. The maximum atomic E-state index is 8.87. The molecule has 0 N–H and O–H groups in total. The third kappa shape index (κ3) is 2.86. The van der Waals surface area contributed by atoms with Gasteiger partial charge in [-0.05, 0) is 37.1 Å². The molecule has 0 bridgehead atoms. The number of benzene rings is 2. The fourth-order valence-electron chi connectivity index (χ4n) is 2.12. The van der Waals surface area contributed by atoms with Crippen LogP contribution in [0.25, 0.3) is 11.1 Å². The van der Waals surface area contributed by atoms with Gasteiger partial charge in [0.25, 0.3) is 0 Å². The molecule has 3 heteroatoms. The van der Waals surface area contributed by atoms with Crippen LogP contribution in [0.5, 0.6) is 0 Å². The number of hydrogen-bond donors (Lipinski definition) is 0. The van der Waals surface area contributed by atoms with Crippen molar-refractivity contribution < 1.29 is 4.84 Å². The topological polar surface area (TPSA) is 45.4 Å². The number of oxime groups is 1. The standard InChI is InChI=1S/C17H16N2O/c1-12-4-9-16(13(2)19-20-3)17(10-12)15-7-5-14(11-18)6-8-15/h4-10H,1-3H3/b19-13-. The highest BCUT2D eigenvalue weighted by atomic mass is 16.6. The van der Waals surface area contributed by atoms with Crippen LogP contribution in [0.1, 0.15) is 23.6 Å². The first-order chi connectivity index (χ1) is 9.65. The molecule has 0 atom stereocenters. The fourth-order valence-corrected chi connectivity index (χ4v) is 2.12. The van der Waals surface area contributed by atoms with Crippen molar-refractivity contribution in [2.45, 2.75) is 13.8 Å². The average Bonchev–Trinajstić information content (AvgIpc) is 2.47. The summed E-state index contributed by atoms with van der Waals surface area (Å²) in [7, 11) is 1.54. The van der Waals surface area contributed by atoms with Gasteiger partial charge in [-0.2, -0.15) is 5.26 Å². The van der Waals surface area contributed by atoms with Gasteiger partial charge in [-0.25, -0.2) is 0 Å². The smallest absolute Gasteiger partial charge is 0.106 e. The van der Waals surface area contributed by atoms with Crippen molar-refractivity contribution in [3.8, 4) is 17.2 Å². The van der Waals surface area contributed by atoms with E-state index in [4.69, 9.17) is 10.1 Å². The lowest BCUT2D eigenvalue weighted by atomic mass is 9.95. The molecule has 0 radical (unpaired) electrons. The Morgan fingerprint density at radius 1 is 1.15 bits per heavy atom. The Balaban J connectivity index is 2.56. The van der Waals surface area contributed by atoms with E-state index in [0.717, 1.165) is 22.4 Å². The molecule has 2 rings (SSSR count). The van der Waals surface area contributed by atoms with E-state index in [1.54, 1.807) is 7.11 Å². The summed E-state index contributed by atoms with van der Waals surface area (Å²) in [5.74, 6) is 0. The summed E-state index contributed by atoms with van der Waals surface area (Å²) in [4.78, 5) is 4.86. The Bertz CT molecular complexity index is 679. The van der Waals surface area contributed by atoms with Crippen LogP contribution in [-0.4, -0.2) is 12.8 Å². The Morgan fingerprint density at radius 2 is 1.85 bits per heavy atom. The molecule has 0 heterocycles. The fraction of sp³-hybridized carbons (Fsp3) is 0.176. The summed E-state index contributed by atoms with van der Waals surface area (Å²) in [6.45, 7) is 3.97. The summed E-state index contributed by atoms with van der Waals surface area (Å²) >= 11 is 0. The van der Waals surface area contributed by atoms with Crippen molar-refractivity contribution in [2.75, 3.05) is 7.11 Å². The number of rotatable bonds is 3. The van der Waals surface area contributed by atoms with Gasteiger partial charge in [0.2, 0.25) is 0 Å². The van der Waals surface area contributed by atoms with Crippen molar-refractivity contribution in [1.29, 1.82) is 5.26 Å². The number of hydrogen-bond acceptors (Lipinski definition) is 3. The molecule has 0 aliphatic carbocycles. The maximum Gasteiger partial charge on any atom is 0.106 e. The molecule has 0 aromatic heterocycles. The molecular formula is C17H16N2O. The zero-order valence-corrected chi connectivity index (χ0v) is 11.8. The zero-order chi connectivity index (χ0) is 14.5. The highest BCUT2D eigenvalue weighted by Gasteiger charge is 2.09. The van der Waals surface area contributed by atoms with Gasteiger partial charge in [0.05, 0.1) is 17.3 Å². The molecule has 20 heavy (non-hydrogen) atoms. The van der Waals surface area contributed by atoms with Gasteiger partial charge in [-0.1, -0.05) is 41.1 Å². The predicted molar refractivity (Wildman–Crippen MR) is 80.6 cm³/mol. The van der Waals surface area contributed by atoms with Crippen LogP contribution in [0.4, 0.5) is 0 Å². The molecule has 0 fully saturated rings. The molecule has 0 amide bonds. The van der Waals surface area contributed by atoms with E-state index in [1.165, 1.54) is 5.56 Å². The first-order valence-corrected chi connectivity index (χ1v) is 6.35. The Labute approximate surface area is 119 Å². The van der Waals surface area contributed by atoms with E-state index in [9.17, 15) is 0 Å². The van der Waals surface area contributed by atoms with Crippen LogP contribution in [0, 0.1) is 18.3 Å². The Kier molecular flexibility index (Phi) is 4.17. The lowest BCUT2D eigenvalue weighted by Crippen LogP contribution is -1.99. The zero-order valence-electron chi connectivity index (χ0n) is 11.8. The van der Waals surface area contributed by atoms with Gasteiger partial charge >= 0.3 is 0 Å². The molecule has 100 valence electrons. The second-order valence-corrected chi connectivity index (χ2v) is 4.60. The summed E-state index contributed by atoms with van der Waals surface area (Å²) < 4.78 is 0. The summed E-state index contributed by atoms with van der Waals surface area (Å²) in [6.07, 6.45) is 0. The third-order valence-electron chi connectivity index (χ3n) is 3.12. The minimum Gasteiger partial charge on any atom is -0.399 e. The van der Waals surface area contributed by atoms with Crippen molar-refractivity contribution in [3.63, 3.8) is 0 Å². The van der Waals surface area contributed by atoms with Crippen LogP contribution < -0.4 is 0 Å². The van der Waals surface area contributed by atoms with Crippen molar-refractivity contribution in [3.05, 3.63) is 59.2 Å². The largest absolute Gasteiger partial charge is 0.399 e. The molecular weight excluding hydrogens is 248 g/mol. The van der Waals surface area contributed by atoms with Gasteiger partial charge in [-0.3, -0.25) is 0 Å².